The van der Waals surface area contributed by atoms with Crippen molar-refractivity contribution < 1.29 is 0 Å². The summed E-state index contributed by atoms with van der Waals surface area (Å²) in [6.45, 7) is 4.22. The predicted molar refractivity (Wildman–Crippen MR) is 56.4 cm³/mol. The van der Waals surface area contributed by atoms with Crippen LogP contribution in [0.1, 0.15) is 36.5 Å². The van der Waals surface area contributed by atoms with Crippen molar-refractivity contribution in [2.45, 2.75) is 19.8 Å². The van der Waals surface area contributed by atoms with Gasteiger partial charge in [0.15, 0.2) is 0 Å². The van der Waals surface area contributed by atoms with Gasteiger partial charge in [-0.05, 0) is 17.5 Å². The van der Waals surface area contributed by atoms with Crippen molar-refractivity contribution in [1.29, 1.82) is 0 Å². The minimum absolute atomic E-state index is 0.416. The molecule has 0 spiro atoms. The minimum atomic E-state index is 0.416. The van der Waals surface area contributed by atoms with Crippen LogP contribution in [0, 0.1) is 24.7 Å². The second-order valence-corrected chi connectivity index (χ2v) is 3.21. The Morgan fingerprint density at radius 1 is 1.15 bits per heavy atom. The molecule has 0 heteroatoms. The molecular formula is C13H12. The monoisotopic (exact) mass is 168 g/mol. The molecular weight excluding hydrogens is 156 g/mol. The summed E-state index contributed by atoms with van der Waals surface area (Å²) in [5, 5.41) is 0. The molecule has 0 aliphatic carbocycles. The van der Waals surface area contributed by atoms with E-state index < -0.39 is 0 Å². The Labute approximate surface area is 80.0 Å². The lowest BCUT2D eigenvalue weighted by Crippen LogP contribution is -1.95. The number of rotatable bonds is 1. The second kappa shape index (κ2) is 3.83. The highest BCUT2D eigenvalue weighted by Gasteiger charge is 2.06. The van der Waals surface area contributed by atoms with Gasteiger partial charge in [0.05, 0.1) is 0 Å². The maximum atomic E-state index is 5.42. The molecule has 64 valence electrons. The van der Waals surface area contributed by atoms with Crippen LogP contribution in [0.5, 0.6) is 0 Å². The van der Waals surface area contributed by atoms with Gasteiger partial charge in [-0.3, -0.25) is 0 Å². The van der Waals surface area contributed by atoms with E-state index in [1.165, 1.54) is 0 Å². The van der Waals surface area contributed by atoms with Crippen molar-refractivity contribution in [3.63, 3.8) is 0 Å². The Morgan fingerprint density at radius 2 is 1.85 bits per heavy atom. The fourth-order valence-electron chi connectivity index (χ4n) is 1.33. The second-order valence-electron chi connectivity index (χ2n) is 3.21. The third kappa shape index (κ3) is 1.74. The summed E-state index contributed by atoms with van der Waals surface area (Å²) in [6, 6.07) is 5.85. The molecule has 0 saturated carbocycles. The molecule has 0 amide bonds. The quantitative estimate of drug-likeness (QED) is 0.566. The normalized spacial score (nSPS) is 9.31. The summed E-state index contributed by atoms with van der Waals surface area (Å²) in [7, 11) is 0. The summed E-state index contributed by atoms with van der Waals surface area (Å²) in [4.78, 5) is 0. The molecule has 1 aromatic carbocycles. The molecule has 13 heavy (non-hydrogen) atoms. The molecule has 0 heterocycles. The average Bonchev–Trinajstić information content (AvgIpc) is 2.16. The molecule has 0 saturated heterocycles. The van der Waals surface area contributed by atoms with E-state index >= 15 is 0 Å². The number of terminal acetylenes is 2. The average molecular weight is 168 g/mol. The third-order valence-corrected chi connectivity index (χ3v) is 2.02. The summed E-state index contributed by atoms with van der Waals surface area (Å²) >= 11 is 0. The molecule has 0 radical (unpaired) electrons. The highest BCUT2D eigenvalue weighted by atomic mass is 14.1. The largest absolute Gasteiger partial charge is 0.115 e. The zero-order valence-corrected chi connectivity index (χ0v) is 7.96. The van der Waals surface area contributed by atoms with E-state index in [1.54, 1.807) is 0 Å². The Bertz CT molecular complexity index is 383. The summed E-state index contributed by atoms with van der Waals surface area (Å²) in [5.74, 6) is 5.67. The van der Waals surface area contributed by atoms with Crippen molar-refractivity contribution in [3.05, 3.63) is 34.9 Å². The maximum absolute atomic E-state index is 5.42. The zero-order chi connectivity index (χ0) is 9.84. The van der Waals surface area contributed by atoms with Crippen molar-refractivity contribution in [3.8, 4) is 24.7 Å². The highest BCUT2D eigenvalue weighted by molar-refractivity contribution is 5.53. The molecule has 0 bridgehead atoms. The molecule has 0 N–H and O–H groups in total. The first kappa shape index (κ1) is 9.43. The smallest absolute Gasteiger partial charge is 0.0433 e. The van der Waals surface area contributed by atoms with Crippen molar-refractivity contribution >= 4 is 0 Å². The molecule has 0 aromatic heterocycles. The van der Waals surface area contributed by atoms with Crippen LogP contribution in [-0.2, 0) is 0 Å². The number of hydrogen-bond donors (Lipinski definition) is 0. The van der Waals surface area contributed by atoms with E-state index in [4.69, 9.17) is 12.8 Å². The van der Waals surface area contributed by atoms with Gasteiger partial charge in [-0.15, -0.1) is 12.8 Å². The van der Waals surface area contributed by atoms with Crippen LogP contribution in [0.25, 0.3) is 0 Å². The number of hydrogen-bond acceptors (Lipinski definition) is 0. The first-order valence-electron chi connectivity index (χ1n) is 4.26. The Balaban J connectivity index is 3.40. The molecule has 1 rings (SSSR count). The molecule has 0 nitrogen and oxygen atoms in total. The first-order chi connectivity index (χ1) is 6.20. The van der Waals surface area contributed by atoms with Crippen LogP contribution in [0.4, 0.5) is 0 Å². The van der Waals surface area contributed by atoms with E-state index in [-0.39, 0.29) is 0 Å². The standard InChI is InChI=1S/C13H12/c1-5-11-8-7-9-13(10(3)4)12(11)6-2/h1-2,7-10H,3-4H3. The SMILES string of the molecule is C#Cc1cccc(C(C)C)c1C#C. The van der Waals surface area contributed by atoms with E-state index in [2.05, 4.69) is 25.7 Å². The van der Waals surface area contributed by atoms with Gasteiger partial charge in [-0.25, -0.2) is 0 Å². The Hall–Kier alpha value is -1.66. The molecule has 0 unspecified atom stereocenters. The fourth-order valence-corrected chi connectivity index (χ4v) is 1.33. The minimum Gasteiger partial charge on any atom is -0.115 e. The van der Waals surface area contributed by atoms with Gasteiger partial charge >= 0.3 is 0 Å². The molecule has 0 fully saturated rings. The van der Waals surface area contributed by atoms with Gasteiger partial charge in [0, 0.05) is 11.1 Å². The predicted octanol–water partition coefficient (Wildman–Crippen LogP) is 2.77. The van der Waals surface area contributed by atoms with Crippen molar-refractivity contribution in [1.82, 2.24) is 0 Å². The molecule has 0 aliphatic heterocycles. The van der Waals surface area contributed by atoms with E-state index in [9.17, 15) is 0 Å². The highest BCUT2D eigenvalue weighted by Crippen LogP contribution is 2.21. The van der Waals surface area contributed by atoms with Gasteiger partial charge in [0.25, 0.3) is 0 Å². The summed E-state index contributed by atoms with van der Waals surface area (Å²) < 4.78 is 0. The van der Waals surface area contributed by atoms with Gasteiger partial charge < -0.3 is 0 Å². The Morgan fingerprint density at radius 3 is 2.31 bits per heavy atom. The first-order valence-corrected chi connectivity index (χ1v) is 4.26. The van der Waals surface area contributed by atoms with Gasteiger partial charge in [0.2, 0.25) is 0 Å². The third-order valence-electron chi connectivity index (χ3n) is 2.02. The lowest BCUT2D eigenvalue weighted by Gasteiger charge is -2.09. The van der Waals surface area contributed by atoms with Crippen LogP contribution in [0.3, 0.4) is 0 Å². The lowest BCUT2D eigenvalue weighted by atomic mass is 9.94. The van der Waals surface area contributed by atoms with Crippen LogP contribution in [-0.4, -0.2) is 0 Å². The topological polar surface area (TPSA) is 0 Å². The fraction of sp³-hybridized carbons (Fsp3) is 0.231. The van der Waals surface area contributed by atoms with E-state index in [0.29, 0.717) is 5.92 Å². The van der Waals surface area contributed by atoms with Crippen LogP contribution in [0.15, 0.2) is 18.2 Å². The lowest BCUT2D eigenvalue weighted by molar-refractivity contribution is 0.862. The molecule has 1 aromatic rings. The van der Waals surface area contributed by atoms with Crippen LogP contribution >= 0.6 is 0 Å². The summed E-state index contributed by atoms with van der Waals surface area (Å²) in [6.07, 6.45) is 10.8. The van der Waals surface area contributed by atoms with Gasteiger partial charge in [0.1, 0.15) is 0 Å². The molecule has 0 atom stereocenters. The van der Waals surface area contributed by atoms with Crippen molar-refractivity contribution in [2.75, 3.05) is 0 Å². The molecule has 0 aliphatic rings. The Kier molecular flexibility index (Phi) is 2.78. The van der Waals surface area contributed by atoms with Gasteiger partial charge in [-0.1, -0.05) is 37.8 Å². The van der Waals surface area contributed by atoms with Gasteiger partial charge in [-0.2, -0.15) is 0 Å². The van der Waals surface area contributed by atoms with E-state index in [1.807, 2.05) is 18.2 Å². The van der Waals surface area contributed by atoms with Crippen molar-refractivity contribution in [2.24, 2.45) is 0 Å². The summed E-state index contributed by atoms with van der Waals surface area (Å²) in [5.41, 5.74) is 2.83. The maximum Gasteiger partial charge on any atom is 0.0433 e. The van der Waals surface area contributed by atoms with Crippen LogP contribution in [0.2, 0.25) is 0 Å². The number of benzene rings is 1. The van der Waals surface area contributed by atoms with E-state index in [0.717, 1.165) is 16.7 Å². The zero-order valence-electron chi connectivity index (χ0n) is 7.96. The van der Waals surface area contributed by atoms with Crippen LogP contribution < -0.4 is 0 Å².